The number of aliphatic hydroxyl groups excluding tert-OH is 4. The number of ether oxygens (including phenoxy) is 10. The SMILES string of the molecule is CC(C)(C)N[C@@H](COC(C)(C)C)C(=O)NCCCCC(CO)COC(C)(C)C.CC(C)(C)N[C@@H](COC(C)(C)C)C(=O)NCCCCOCCOCCCNC(CO)C(C)(C)C.CC(C)(C)OCC(CO)CCCCNC(=O)C(C)(C)C.CC(C)(C)OCC(CO)COCCOCCCNC(=O)C(C)(C)C.CC(C)(C)OCCCCCCNC(=O)C(C)(C)C. The molecule has 0 aromatic rings. The van der Waals surface area contributed by atoms with Gasteiger partial charge in [0.25, 0.3) is 0 Å². The molecule has 0 rings (SSSR count). The minimum Gasteiger partial charge on any atom is -0.396 e. The van der Waals surface area contributed by atoms with Crippen LogP contribution in [-0.2, 0) is 71.3 Å². The Morgan fingerprint density at radius 2 is 0.532 bits per heavy atom. The number of carbonyl (C=O) groups excluding carboxylic acids is 5. The Balaban J connectivity index is -0.000000484. The van der Waals surface area contributed by atoms with Gasteiger partial charge in [0.2, 0.25) is 29.5 Å². The van der Waals surface area contributed by atoms with Crippen LogP contribution in [0.2, 0.25) is 0 Å². The van der Waals surface area contributed by atoms with Crippen molar-refractivity contribution in [1.29, 1.82) is 0 Å². The highest BCUT2D eigenvalue weighted by atomic mass is 16.5. The molecule has 124 heavy (non-hydrogen) atoms. The standard InChI is InChI=1S/C26H55N3O5.C22H46N2O4.C18H37NO5.C16H33NO3.C15H31NO2/c1-24(2,3)22(19-30)27-14-12-16-33-18-17-32-15-11-10-13-28-23(31)21(29-25(4,5)6)20-34-26(7,8)9;1-20(2,3)24-18(16-28-22(7,8)9)19(26)23-13-11-10-12-17(14-25)15-27-21(4,5)6;1-17(2,3)16(21)19-8-7-9-22-10-11-23-13-15(12-20)14-24-18(4,5)6;1-15(2,3)14(19)17-10-8-7-9-13(11-18)12-20-16(4,5)6;1-14(2,3)13(17)16-11-9-7-8-10-12-18-15(4,5)6/h21-22,27,29-30H,10-20H2,1-9H3,(H,28,31);17-18,24-25H,10-16H2,1-9H3,(H,23,26);15,20H,7-14H2,1-6H3,(H,19,21);13,18H,7-12H2,1-6H3,(H,17,19);7-12H2,1-6H3,(H,16,17)/t21-,22?;17?,18-;;;/m00.../s1. The molecule has 12 N–H and O–H groups in total. The second-order valence-electron chi connectivity index (χ2n) is 45.0. The third-order valence-electron chi connectivity index (χ3n) is 17.8. The van der Waals surface area contributed by atoms with E-state index in [1.165, 1.54) is 6.42 Å². The first-order chi connectivity index (χ1) is 56.5. The van der Waals surface area contributed by atoms with Crippen LogP contribution in [-0.4, -0.2) is 271 Å². The number of hydrogen-bond acceptors (Lipinski definition) is 22. The van der Waals surface area contributed by atoms with Crippen LogP contribution in [0.3, 0.4) is 0 Å². The van der Waals surface area contributed by atoms with Gasteiger partial charge in [0.1, 0.15) is 12.1 Å². The summed E-state index contributed by atoms with van der Waals surface area (Å²) in [6, 6.07) is -0.673. The van der Waals surface area contributed by atoms with Crippen LogP contribution >= 0.6 is 0 Å². The summed E-state index contributed by atoms with van der Waals surface area (Å²) in [5, 5.41) is 62.4. The molecule has 0 heterocycles. The summed E-state index contributed by atoms with van der Waals surface area (Å²) < 4.78 is 56.6. The van der Waals surface area contributed by atoms with Crippen LogP contribution in [0.1, 0.15) is 339 Å². The van der Waals surface area contributed by atoms with E-state index in [2.05, 4.69) is 84.1 Å². The molecule has 27 heteroatoms. The minimum atomic E-state index is -0.385. The second kappa shape index (κ2) is 67.8. The number of rotatable bonds is 57. The molecular weight excluding hydrogens is 1580 g/mol. The molecule has 0 aromatic carbocycles. The van der Waals surface area contributed by atoms with Crippen molar-refractivity contribution in [3.05, 3.63) is 0 Å². The molecule has 744 valence electrons. The van der Waals surface area contributed by atoms with Crippen molar-refractivity contribution in [1.82, 2.24) is 42.5 Å². The van der Waals surface area contributed by atoms with Crippen molar-refractivity contribution in [2.45, 2.75) is 402 Å². The van der Waals surface area contributed by atoms with E-state index >= 15 is 0 Å². The Bertz CT molecular complexity index is 2610. The summed E-state index contributed by atoms with van der Waals surface area (Å²) in [6.45, 7) is 84.3. The average molecular weight is 1780 g/mol. The molecule has 0 bridgehead atoms. The van der Waals surface area contributed by atoms with Gasteiger partial charge in [0, 0.05) is 123 Å². The topological polar surface area (TPSA) is 355 Å². The van der Waals surface area contributed by atoms with E-state index in [9.17, 15) is 44.4 Å². The first kappa shape index (κ1) is 129. The predicted molar refractivity (Wildman–Crippen MR) is 509 cm³/mol. The molecule has 0 fully saturated rings. The lowest BCUT2D eigenvalue weighted by molar-refractivity contribution is -0.129. The van der Waals surface area contributed by atoms with Crippen LogP contribution in [0.25, 0.3) is 0 Å². The average Bonchev–Trinajstić information content (AvgIpc) is 0.905. The van der Waals surface area contributed by atoms with Crippen LogP contribution in [0.15, 0.2) is 0 Å². The van der Waals surface area contributed by atoms with Gasteiger partial charge < -0.3 is 99.7 Å². The van der Waals surface area contributed by atoms with Crippen molar-refractivity contribution < 1.29 is 91.8 Å². The van der Waals surface area contributed by atoms with E-state index in [0.29, 0.717) is 112 Å². The summed E-state index contributed by atoms with van der Waals surface area (Å²) in [7, 11) is 0. The Morgan fingerprint density at radius 1 is 0.258 bits per heavy atom. The van der Waals surface area contributed by atoms with Gasteiger partial charge in [-0.25, -0.2) is 0 Å². The normalized spacial score (nSPS) is 14.3. The summed E-state index contributed by atoms with van der Waals surface area (Å²) >= 11 is 0. The monoisotopic (exact) mass is 1780 g/mol. The highest BCUT2D eigenvalue weighted by molar-refractivity contribution is 5.83. The maximum absolute atomic E-state index is 12.6. The van der Waals surface area contributed by atoms with Crippen molar-refractivity contribution >= 4 is 29.5 Å². The largest absolute Gasteiger partial charge is 0.396 e. The van der Waals surface area contributed by atoms with Crippen molar-refractivity contribution in [3.63, 3.8) is 0 Å². The zero-order chi connectivity index (χ0) is 96.9. The zero-order valence-corrected chi connectivity index (χ0v) is 86.7. The zero-order valence-electron chi connectivity index (χ0n) is 86.7. The molecule has 4 unspecified atom stereocenters. The Kier molecular flexibility index (Phi) is 70.6. The van der Waals surface area contributed by atoms with Gasteiger partial charge in [-0.1, -0.05) is 109 Å². The van der Waals surface area contributed by atoms with Gasteiger partial charge in [0.15, 0.2) is 0 Å². The number of unbranched alkanes of at least 4 members (excludes halogenated alkanes) is 6. The second-order valence-corrected chi connectivity index (χ2v) is 45.0. The quantitative estimate of drug-likeness (QED) is 0.0252. The first-order valence-electron chi connectivity index (χ1n) is 46.8. The molecule has 6 atom stereocenters. The van der Waals surface area contributed by atoms with Crippen molar-refractivity contribution in [2.75, 3.05) is 158 Å². The van der Waals surface area contributed by atoms with E-state index in [4.69, 9.17) is 47.4 Å². The fraction of sp³-hybridized carbons (Fsp3) is 0.948. The lowest BCUT2D eigenvalue weighted by Gasteiger charge is -2.30. The van der Waals surface area contributed by atoms with E-state index in [-0.39, 0.29) is 158 Å². The molecule has 27 nitrogen and oxygen atoms in total. The maximum atomic E-state index is 12.6. The number of carbonyl (C=O) groups is 5. The molecule has 0 spiro atoms. The molecular formula is C97H202N8O19. The summed E-state index contributed by atoms with van der Waals surface area (Å²) in [5.74, 6) is 0.531. The third kappa shape index (κ3) is 93.4. The number of nitrogens with one attached hydrogen (secondary N) is 8. The molecule has 5 amide bonds. The third-order valence-corrected chi connectivity index (χ3v) is 17.8. The Hall–Kier alpha value is -3.33. The number of amides is 5. The van der Waals surface area contributed by atoms with Crippen LogP contribution in [0.5, 0.6) is 0 Å². The predicted octanol–water partition coefficient (Wildman–Crippen LogP) is 14.4. The van der Waals surface area contributed by atoms with E-state index in [1.807, 2.05) is 208 Å². The number of aliphatic hydroxyl groups is 4. The summed E-state index contributed by atoms with van der Waals surface area (Å²) in [4.78, 5) is 60.1. The van der Waals surface area contributed by atoms with Gasteiger partial charge >= 0.3 is 0 Å². The highest BCUT2D eigenvalue weighted by Gasteiger charge is 2.30. The Labute approximate surface area is 759 Å². The Morgan fingerprint density at radius 3 is 0.847 bits per heavy atom. The summed E-state index contributed by atoms with van der Waals surface area (Å²) in [5.41, 5.74) is -2.42. The molecule has 0 aliphatic heterocycles. The molecule has 0 radical (unpaired) electrons. The number of hydrogen-bond donors (Lipinski definition) is 12. The van der Waals surface area contributed by atoms with E-state index in [0.717, 1.165) is 103 Å². The van der Waals surface area contributed by atoms with Crippen molar-refractivity contribution in [3.8, 4) is 0 Å². The lowest BCUT2D eigenvalue weighted by Crippen LogP contribution is -2.54. The van der Waals surface area contributed by atoms with Crippen LogP contribution < -0.4 is 42.5 Å². The van der Waals surface area contributed by atoms with Crippen molar-refractivity contribution in [2.24, 2.45) is 39.4 Å². The fourth-order valence-corrected chi connectivity index (χ4v) is 10.3. The summed E-state index contributed by atoms with van der Waals surface area (Å²) in [6.07, 6.45) is 13.5. The lowest BCUT2D eigenvalue weighted by atomic mass is 9.87. The van der Waals surface area contributed by atoms with Gasteiger partial charge in [-0.15, -0.1) is 0 Å². The van der Waals surface area contributed by atoms with Gasteiger partial charge in [-0.3, -0.25) is 34.6 Å². The molecule has 0 aromatic heterocycles. The smallest absolute Gasteiger partial charge is 0.239 e. The van der Waals surface area contributed by atoms with Gasteiger partial charge in [-0.05, 0) is 242 Å². The maximum Gasteiger partial charge on any atom is 0.239 e. The molecule has 0 aliphatic rings. The fourth-order valence-electron chi connectivity index (χ4n) is 10.3. The van der Waals surface area contributed by atoms with Gasteiger partial charge in [-0.2, -0.15) is 0 Å². The van der Waals surface area contributed by atoms with Crippen LogP contribution in [0, 0.1) is 39.4 Å². The molecule has 0 saturated heterocycles. The highest BCUT2D eigenvalue weighted by Crippen LogP contribution is 2.22. The first-order valence-corrected chi connectivity index (χ1v) is 46.8. The van der Waals surface area contributed by atoms with Crippen LogP contribution in [0.4, 0.5) is 0 Å². The molecule has 0 aliphatic carbocycles. The van der Waals surface area contributed by atoms with E-state index < -0.39 is 0 Å². The molecule has 0 saturated carbocycles. The van der Waals surface area contributed by atoms with E-state index in [1.54, 1.807) is 0 Å². The minimum absolute atomic E-state index is 0.0168. The van der Waals surface area contributed by atoms with Gasteiger partial charge in [0.05, 0.1) is 113 Å².